The Bertz CT molecular complexity index is 1570. The second-order valence-electron chi connectivity index (χ2n) is 13.4. The van der Waals surface area contributed by atoms with Crippen LogP contribution in [0.1, 0.15) is 50.2 Å². The highest BCUT2D eigenvalue weighted by atomic mass is 16.2. The SMILES string of the molecule is CN[C@@H](C)C(=O)N[C@H](C(=O)N1CC(=O)N2[C@@H]1CN(CCc1ccccc1)C(=O)[C@@H]2Cc1ccc(-c2ccccc2)cc1)C1CCCCC1. The molecule has 4 atom stereocenters. The predicted molar refractivity (Wildman–Crippen MR) is 185 cm³/mol. The number of rotatable bonds is 11. The molecular weight excluding hydrogens is 602 g/mol. The van der Waals surface area contributed by atoms with Crippen molar-refractivity contribution < 1.29 is 19.2 Å². The fourth-order valence-electron chi connectivity index (χ4n) is 7.48. The lowest BCUT2D eigenvalue weighted by molar-refractivity contribution is -0.156. The van der Waals surface area contributed by atoms with Crippen LogP contribution in [-0.4, -0.2) is 89.3 Å². The highest BCUT2D eigenvalue weighted by Gasteiger charge is 2.52. The number of piperazine rings is 1. The molecule has 2 heterocycles. The minimum absolute atomic E-state index is 0.00161. The first-order valence-electron chi connectivity index (χ1n) is 17.4. The first kappa shape index (κ1) is 33.4. The Labute approximate surface area is 283 Å². The highest BCUT2D eigenvalue weighted by molar-refractivity contribution is 5.97. The summed E-state index contributed by atoms with van der Waals surface area (Å²) in [6, 6.07) is 26.4. The number of carbonyl (C=O) groups excluding carboxylic acids is 4. The number of hydrogen-bond acceptors (Lipinski definition) is 5. The molecule has 9 nitrogen and oxygen atoms in total. The van der Waals surface area contributed by atoms with Crippen molar-refractivity contribution in [2.24, 2.45) is 5.92 Å². The van der Waals surface area contributed by atoms with Gasteiger partial charge in [-0.2, -0.15) is 0 Å². The summed E-state index contributed by atoms with van der Waals surface area (Å²) >= 11 is 0. The van der Waals surface area contributed by atoms with Gasteiger partial charge in [-0.15, -0.1) is 0 Å². The third-order valence-corrected chi connectivity index (χ3v) is 10.4. The summed E-state index contributed by atoms with van der Waals surface area (Å²) in [6.07, 6.45) is 5.25. The average molecular weight is 650 g/mol. The molecule has 0 aromatic heterocycles. The summed E-state index contributed by atoms with van der Waals surface area (Å²) in [7, 11) is 1.72. The first-order chi connectivity index (χ1) is 23.3. The zero-order chi connectivity index (χ0) is 33.6. The van der Waals surface area contributed by atoms with Gasteiger partial charge >= 0.3 is 0 Å². The van der Waals surface area contributed by atoms with E-state index in [2.05, 4.69) is 22.8 Å². The maximum atomic E-state index is 14.5. The smallest absolute Gasteiger partial charge is 0.247 e. The van der Waals surface area contributed by atoms with Gasteiger partial charge in [0.1, 0.15) is 24.8 Å². The van der Waals surface area contributed by atoms with Crippen molar-refractivity contribution in [3.63, 3.8) is 0 Å². The Morgan fingerprint density at radius 2 is 1.48 bits per heavy atom. The van der Waals surface area contributed by atoms with Crippen LogP contribution in [0.5, 0.6) is 0 Å². The van der Waals surface area contributed by atoms with E-state index in [1.807, 2.05) is 77.7 Å². The van der Waals surface area contributed by atoms with Gasteiger partial charge < -0.3 is 25.3 Å². The van der Waals surface area contributed by atoms with Crippen LogP contribution in [0.15, 0.2) is 84.9 Å². The molecule has 0 radical (unpaired) electrons. The highest BCUT2D eigenvalue weighted by Crippen LogP contribution is 2.33. The Hall–Kier alpha value is -4.50. The summed E-state index contributed by atoms with van der Waals surface area (Å²) in [5, 5.41) is 6.03. The van der Waals surface area contributed by atoms with E-state index in [0.29, 0.717) is 19.4 Å². The Kier molecular flexibility index (Phi) is 10.5. The summed E-state index contributed by atoms with van der Waals surface area (Å²) in [5.41, 5.74) is 4.25. The molecule has 1 aliphatic carbocycles. The molecule has 3 aliphatic rings. The molecule has 3 fully saturated rings. The fraction of sp³-hybridized carbons (Fsp3) is 0.436. The van der Waals surface area contributed by atoms with E-state index in [1.54, 1.807) is 23.8 Å². The molecule has 3 aromatic rings. The lowest BCUT2D eigenvalue weighted by Gasteiger charge is -2.45. The second-order valence-corrected chi connectivity index (χ2v) is 13.4. The van der Waals surface area contributed by atoms with Crippen LogP contribution in [-0.2, 0) is 32.0 Å². The van der Waals surface area contributed by atoms with Gasteiger partial charge in [0, 0.05) is 13.0 Å². The largest absolute Gasteiger partial charge is 0.343 e. The van der Waals surface area contributed by atoms with E-state index in [-0.39, 0.29) is 42.6 Å². The molecule has 4 amide bonds. The Morgan fingerprint density at radius 3 is 2.15 bits per heavy atom. The topological polar surface area (TPSA) is 102 Å². The van der Waals surface area contributed by atoms with Crippen molar-refractivity contribution in [3.05, 3.63) is 96.1 Å². The fourth-order valence-corrected chi connectivity index (χ4v) is 7.48. The molecule has 1 saturated carbocycles. The monoisotopic (exact) mass is 649 g/mol. The number of nitrogens with zero attached hydrogens (tertiary/aromatic N) is 3. The van der Waals surface area contributed by atoms with Crippen LogP contribution in [0.25, 0.3) is 11.1 Å². The lowest BCUT2D eigenvalue weighted by atomic mass is 9.83. The van der Waals surface area contributed by atoms with Crippen LogP contribution in [0.4, 0.5) is 0 Å². The van der Waals surface area contributed by atoms with Crippen LogP contribution in [0, 0.1) is 5.92 Å². The number of fused-ring (bicyclic) bond motifs is 1. The van der Waals surface area contributed by atoms with Crippen LogP contribution < -0.4 is 10.6 Å². The molecule has 2 saturated heterocycles. The molecule has 2 aliphatic heterocycles. The molecule has 3 aromatic carbocycles. The minimum Gasteiger partial charge on any atom is -0.343 e. The van der Waals surface area contributed by atoms with Gasteiger partial charge in [-0.25, -0.2) is 0 Å². The Balaban J connectivity index is 1.28. The van der Waals surface area contributed by atoms with Gasteiger partial charge in [-0.05, 0) is 61.4 Å². The van der Waals surface area contributed by atoms with E-state index in [0.717, 1.165) is 54.4 Å². The number of amides is 4. The zero-order valence-electron chi connectivity index (χ0n) is 28.0. The zero-order valence-corrected chi connectivity index (χ0v) is 28.0. The third-order valence-electron chi connectivity index (χ3n) is 10.4. The van der Waals surface area contributed by atoms with E-state index in [4.69, 9.17) is 0 Å². The maximum Gasteiger partial charge on any atom is 0.247 e. The summed E-state index contributed by atoms with van der Waals surface area (Å²) in [6.45, 7) is 2.39. The van der Waals surface area contributed by atoms with E-state index < -0.39 is 24.3 Å². The molecule has 48 heavy (non-hydrogen) atoms. The minimum atomic E-state index is -0.737. The maximum absolute atomic E-state index is 14.5. The van der Waals surface area contributed by atoms with E-state index in [1.165, 1.54) is 0 Å². The summed E-state index contributed by atoms with van der Waals surface area (Å²) < 4.78 is 0. The van der Waals surface area contributed by atoms with Crippen molar-refractivity contribution in [2.75, 3.05) is 26.7 Å². The van der Waals surface area contributed by atoms with Crippen LogP contribution in [0.2, 0.25) is 0 Å². The predicted octanol–water partition coefficient (Wildman–Crippen LogP) is 4.02. The number of carbonyl (C=O) groups is 4. The third kappa shape index (κ3) is 7.31. The van der Waals surface area contributed by atoms with E-state index in [9.17, 15) is 19.2 Å². The summed E-state index contributed by atoms with van der Waals surface area (Å²) in [5.74, 6) is -0.794. The molecular formula is C39H47N5O4. The summed E-state index contributed by atoms with van der Waals surface area (Å²) in [4.78, 5) is 60.8. The normalized spacial score (nSPS) is 21.2. The Morgan fingerprint density at radius 1 is 0.833 bits per heavy atom. The van der Waals surface area contributed by atoms with Gasteiger partial charge in [0.05, 0.1) is 12.6 Å². The molecule has 0 bridgehead atoms. The van der Waals surface area contributed by atoms with Crippen LogP contribution >= 0.6 is 0 Å². The molecule has 0 spiro atoms. The average Bonchev–Trinajstić information content (AvgIpc) is 3.47. The van der Waals surface area contributed by atoms with Crippen LogP contribution in [0.3, 0.4) is 0 Å². The second kappa shape index (κ2) is 15.2. The van der Waals surface area contributed by atoms with Gasteiger partial charge in [0.2, 0.25) is 23.6 Å². The number of likely N-dealkylation sites (N-methyl/N-ethyl adjacent to an activating group) is 1. The van der Waals surface area contributed by atoms with Gasteiger partial charge in [-0.3, -0.25) is 19.2 Å². The van der Waals surface area contributed by atoms with Gasteiger partial charge in [0.25, 0.3) is 0 Å². The standard InChI is InChI=1S/C39H47N5O4/c1-27(40-2)37(46)41-36(32-16-10-5-11-17-32)39(48)43-26-35(45)44-33(24-29-18-20-31(21-19-29)30-14-8-4-9-15-30)38(47)42(25-34(43)44)23-22-28-12-6-3-7-13-28/h3-4,6-9,12-15,18-21,27,32-34,36,40H,5,10-11,16-17,22-26H2,1-2H3,(H,41,46)/t27-,33-,34+,36-/m0/s1. The number of benzene rings is 3. The number of hydrogen-bond donors (Lipinski definition) is 2. The first-order valence-corrected chi connectivity index (χ1v) is 17.4. The van der Waals surface area contributed by atoms with Crippen molar-refractivity contribution in [3.8, 4) is 11.1 Å². The quantitative estimate of drug-likeness (QED) is 0.327. The molecule has 0 unspecified atom stereocenters. The molecule has 6 rings (SSSR count). The van der Waals surface area contributed by atoms with Gasteiger partial charge in [0.15, 0.2) is 0 Å². The lowest BCUT2D eigenvalue weighted by Crippen LogP contribution is -2.66. The molecule has 2 N–H and O–H groups in total. The van der Waals surface area contributed by atoms with Gasteiger partial charge in [-0.1, -0.05) is 104 Å². The number of nitrogens with one attached hydrogen (secondary N) is 2. The van der Waals surface area contributed by atoms with Crippen molar-refractivity contribution in [2.45, 2.75) is 76.2 Å². The van der Waals surface area contributed by atoms with E-state index >= 15 is 0 Å². The van der Waals surface area contributed by atoms with Crippen molar-refractivity contribution in [1.29, 1.82) is 0 Å². The molecule has 9 heteroatoms. The van der Waals surface area contributed by atoms with Crippen molar-refractivity contribution in [1.82, 2.24) is 25.3 Å². The van der Waals surface area contributed by atoms with Crippen molar-refractivity contribution >= 4 is 23.6 Å². The molecule has 252 valence electrons.